The van der Waals surface area contributed by atoms with Crippen LogP contribution in [0.3, 0.4) is 0 Å². The summed E-state index contributed by atoms with van der Waals surface area (Å²) in [6.45, 7) is 3.73. The zero-order chi connectivity index (χ0) is 12.4. The molecule has 1 aromatic rings. The van der Waals surface area contributed by atoms with Gasteiger partial charge in [0.25, 0.3) is 0 Å². The number of pyridine rings is 1. The van der Waals surface area contributed by atoms with Crippen LogP contribution in [-0.4, -0.2) is 42.1 Å². The fourth-order valence-corrected chi connectivity index (χ4v) is 2.71. The zero-order valence-corrected chi connectivity index (χ0v) is 10.3. The van der Waals surface area contributed by atoms with Gasteiger partial charge in [-0.15, -0.1) is 0 Å². The molecule has 2 aliphatic heterocycles. The second-order valence-electron chi connectivity index (χ2n) is 5.05. The normalized spacial score (nSPS) is 27.6. The Morgan fingerprint density at radius 3 is 2.94 bits per heavy atom. The summed E-state index contributed by atoms with van der Waals surface area (Å²) in [5, 5.41) is 6.37. The number of nitrogens with one attached hydrogen (secondary N) is 2. The lowest BCUT2D eigenvalue weighted by Gasteiger charge is -2.18. The van der Waals surface area contributed by atoms with Gasteiger partial charge in [-0.25, -0.2) is 4.79 Å². The highest BCUT2D eigenvalue weighted by Crippen LogP contribution is 2.21. The van der Waals surface area contributed by atoms with Crippen LogP contribution in [0, 0.1) is 5.92 Å². The van der Waals surface area contributed by atoms with Crippen LogP contribution in [0.1, 0.15) is 18.0 Å². The van der Waals surface area contributed by atoms with Gasteiger partial charge in [0.15, 0.2) is 0 Å². The van der Waals surface area contributed by atoms with E-state index in [1.807, 2.05) is 17.0 Å². The average molecular weight is 246 g/mol. The first-order chi connectivity index (χ1) is 8.83. The van der Waals surface area contributed by atoms with E-state index in [0.717, 1.165) is 31.7 Å². The van der Waals surface area contributed by atoms with Crippen molar-refractivity contribution in [3.05, 3.63) is 30.1 Å². The molecule has 2 N–H and O–H groups in total. The predicted octanol–water partition coefficient (Wildman–Crippen LogP) is 0.757. The first kappa shape index (κ1) is 11.5. The Balaban J connectivity index is 1.63. The van der Waals surface area contributed by atoms with Crippen LogP contribution in [0.15, 0.2) is 24.5 Å². The highest BCUT2D eigenvalue weighted by Gasteiger charge is 2.31. The van der Waals surface area contributed by atoms with Crippen LogP contribution < -0.4 is 10.6 Å². The van der Waals surface area contributed by atoms with Crippen molar-refractivity contribution in [2.24, 2.45) is 5.92 Å². The molecule has 96 valence electrons. The summed E-state index contributed by atoms with van der Waals surface area (Å²) in [6.07, 6.45) is 4.71. The molecule has 0 aromatic carbocycles. The van der Waals surface area contributed by atoms with E-state index in [1.165, 1.54) is 6.42 Å². The van der Waals surface area contributed by atoms with Crippen LogP contribution in [0.2, 0.25) is 0 Å². The maximum atomic E-state index is 11.9. The van der Waals surface area contributed by atoms with E-state index in [4.69, 9.17) is 0 Å². The topological polar surface area (TPSA) is 57.3 Å². The smallest absolute Gasteiger partial charge is 0.318 e. The molecule has 2 saturated heterocycles. The molecule has 2 unspecified atom stereocenters. The van der Waals surface area contributed by atoms with Crippen molar-refractivity contribution in [3.8, 4) is 0 Å². The van der Waals surface area contributed by atoms with Gasteiger partial charge in [-0.1, -0.05) is 0 Å². The quantitative estimate of drug-likeness (QED) is 0.827. The monoisotopic (exact) mass is 246 g/mol. The number of amides is 2. The van der Waals surface area contributed by atoms with E-state index < -0.39 is 0 Å². The number of carbonyl (C=O) groups excluding carboxylic acids is 1. The molecule has 0 spiro atoms. The third kappa shape index (κ3) is 2.31. The lowest BCUT2D eigenvalue weighted by atomic mass is 10.1. The van der Waals surface area contributed by atoms with E-state index >= 15 is 0 Å². The fraction of sp³-hybridized carbons (Fsp3) is 0.538. The fourth-order valence-electron chi connectivity index (χ4n) is 2.71. The largest absolute Gasteiger partial charge is 0.329 e. The molecule has 2 aliphatic rings. The molecule has 3 heterocycles. The SMILES string of the molecule is O=C1NC(c2ccncc2)CN1CC1CCNC1. The number of hydrogen-bond donors (Lipinski definition) is 2. The molecule has 0 radical (unpaired) electrons. The van der Waals surface area contributed by atoms with Crippen molar-refractivity contribution < 1.29 is 4.79 Å². The number of rotatable bonds is 3. The minimum Gasteiger partial charge on any atom is -0.329 e. The van der Waals surface area contributed by atoms with Crippen LogP contribution in [0.25, 0.3) is 0 Å². The van der Waals surface area contributed by atoms with Gasteiger partial charge in [-0.3, -0.25) is 4.98 Å². The Labute approximate surface area is 107 Å². The zero-order valence-electron chi connectivity index (χ0n) is 10.3. The highest BCUT2D eigenvalue weighted by atomic mass is 16.2. The third-order valence-corrected chi connectivity index (χ3v) is 3.74. The van der Waals surface area contributed by atoms with E-state index in [0.29, 0.717) is 5.92 Å². The van der Waals surface area contributed by atoms with Crippen LogP contribution in [0.4, 0.5) is 4.79 Å². The maximum absolute atomic E-state index is 11.9. The van der Waals surface area contributed by atoms with Crippen molar-refractivity contribution in [2.45, 2.75) is 12.5 Å². The summed E-state index contributed by atoms with van der Waals surface area (Å²) >= 11 is 0. The van der Waals surface area contributed by atoms with Gasteiger partial charge in [-0.05, 0) is 43.1 Å². The lowest BCUT2D eigenvalue weighted by Crippen LogP contribution is -2.33. The first-order valence-corrected chi connectivity index (χ1v) is 6.49. The Bertz CT molecular complexity index is 416. The molecule has 5 heteroatoms. The minimum atomic E-state index is 0.0590. The Hall–Kier alpha value is -1.62. The lowest BCUT2D eigenvalue weighted by molar-refractivity contribution is 0.210. The van der Waals surface area contributed by atoms with Crippen molar-refractivity contribution in [1.82, 2.24) is 20.5 Å². The minimum absolute atomic E-state index is 0.0590. The second kappa shape index (κ2) is 4.94. The molecule has 1 aromatic heterocycles. The highest BCUT2D eigenvalue weighted by molar-refractivity contribution is 5.77. The molecule has 0 aliphatic carbocycles. The van der Waals surface area contributed by atoms with Crippen molar-refractivity contribution in [1.29, 1.82) is 0 Å². The van der Waals surface area contributed by atoms with Gasteiger partial charge in [0.1, 0.15) is 0 Å². The van der Waals surface area contributed by atoms with E-state index in [9.17, 15) is 4.79 Å². The van der Waals surface area contributed by atoms with E-state index in [-0.39, 0.29) is 12.1 Å². The number of nitrogens with zero attached hydrogens (tertiary/aromatic N) is 2. The second-order valence-corrected chi connectivity index (χ2v) is 5.05. The van der Waals surface area contributed by atoms with Gasteiger partial charge >= 0.3 is 6.03 Å². The maximum Gasteiger partial charge on any atom is 0.318 e. The number of aromatic nitrogens is 1. The van der Waals surface area contributed by atoms with Gasteiger partial charge in [-0.2, -0.15) is 0 Å². The molecule has 0 saturated carbocycles. The third-order valence-electron chi connectivity index (χ3n) is 3.74. The summed E-state index contributed by atoms with van der Waals surface area (Å²) in [5.74, 6) is 0.604. The molecular weight excluding hydrogens is 228 g/mol. The summed E-state index contributed by atoms with van der Waals surface area (Å²) < 4.78 is 0. The van der Waals surface area contributed by atoms with Crippen LogP contribution in [0.5, 0.6) is 0 Å². The van der Waals surface area contributed by atoms with E-state index in [1.54, 1.807) is 12.4 Å². The van der Waals surface area contributed by atoms with Crippen molar-refractivity contribution >= 4 is 6.03 Å². The van der Waals surface area contributed by atoms with Crippen molar-refractivity contribution in [3.63, 3.8) is 0 Å². The molecule has 2 amide bonds. The van der Waals surface area contributed by atoms with Gasteiger partial charge in [0.2, 0.25) is 0 Å². The summed E-state index contributed by atoms with van der Waals surface area (Å²) in [6, 6.07) is 4.09. The van der Waals surface area contributed by atoms with Crippen LogP contribution >= 0.6 is 0 Å². The Morgan fingerprint density at radius 2 is 2.22 bits per heavy atom. The summed E-state index contributed by atoms with van der Waals surface area (Å²) in [5.41, 5.74) is 1.13. The van der Waals surface area contributed by atoms with Gasteiger partial charge in [0.05, 0.1) is 6.04 Å². The van der Waals surface area contributed by atoms with Gasteiger partial charge < -0.3 is 15.5 Å². The standard InChI is InChI=1S/C13H18N4O/c18-13-16-12(11-2-5-14-6-3-11)9-17(13)8-10-1-4-15-7-10/h2-3,5-6,10,12,15H,1,4,7-9H2,(H,16,18). The Kier molecular flexibility index (Phi) is 3.15. The molecule has 2 atom stereocenters. The van der Waals surface area contributed by atoms with Crippen molar-refractivity contribution in [2.75, 3.05) is 26.2 Å². The predicted molar refractivity (Wildman–Crippen MR) is 68.1 cm³/mol. The average Bonchev–Trinajstić information content (AvgIpc) is 3.02. The molecular formula is C13H18N4O. The number of urea groups is 1. The molecule has 3 rings (SSSR count). The summed E-state index contributed by atoms with van der Waals surface area (Å²) in [7, 11) is 0. The first-order valence-electron chi connectivity index (χ1n) is 6.49. The number of hydrogen-bond acceptors (Lipinski definition) is 3. The molecule has 5 nitrogen and oxygen atoms in total. The van der Waals surface area contributed by atoms with Crippen LogP contribution in [-0.2, 0) is 0 Å². The molecule has 2 fully saturated rings. The Morgan fingerprint density at radius 1 is 1.39 bits per heavy atom. The molecule has 18 heavy (non-hydrogen) atoms. The summed E-state index contributed by atoms with van der Waals surface area (Å²) in [4.78, 5) is 17.9. The number of carbonyl (C=O) groups is 1. The molecule has 0 bridgehead atoms. The van der Waals surface area contributed by atoms with Gasteiger partial charge in [0, 0.05) is 25.5 Å². The van der Waals surface area contributed by atoms with E-state index in [2.05, 4.69) is 15.6 Å².